The number of hydrogen-bond donors (Lipinski definition) is 0. The van der Waals surface area contributed by atoms with E-state index in [0.717, 1.165) is 4.90 Å². The lowest BCUT2D eigenvalue weighted by atomic mass is 9.98. The van der Waals surface area contributed by atoms with Gasteiger partial charge in [-0.3, -0.25) is 14.5 Å². The van der Waals surface area contributed by atoms with Crippen LogP contribution >= 0.6 is 0 Å². The number of imidazole rings is 1. The van der Waals surface area contributed by atoms with Crippen molar-refractivity contribution in [3.05, 3.63) is 12.0 Å². The van der Waals surface area contributed by atoms with Crippen LogP contribution in [0.15, 0.2) is 6.33 Å². The third-order valence-electron chi connectivity index (χ3n) is 2.31. The predicted molar refractivity (Wildman–Crippen MR) is 50.1 cm³/mol. The van der Waals surface area contributed by atoms with Gasteiger partial charge >= 0.3 is 0 Å². The maximum atomic E-state index is 12.0. The highest BCUT2D eigenvalue weighted by Gasteiger charge is 2.37. The van der Waals surface area contributed by atoms with E-state index < -0.39 is 24.5 Å². The largest absolute Gasteiger partial charge is 0.329 e. The molecule has 5 heteroatoms. The zero-order valence-corrected chi connectivity index (χ0v) is 7.81. The van der Waals surface area contributed by atoms with Crippen molar-refractivity contribution in [3.63, 3.8) is 0 Å². The van der Waals surface area contributed by atoms with E-state index in [0.29, 0.717) is 0 Å². The quantitative estimate of drug-likeness (QED) is 0.557. The first kappa shape index (κ1) is 5.95. The standard InChI is InChI=1S/C9H11N3O2/c1-5-7(13)6-8(10-4-11(6)2)12(3)9(5)14/h4-5H,1-3H3/i1D3. The number of ketones is 1. The number of anilines is 1. The van der Waals surface area contributed by atoms with Crippen LogP contribution in [0, 0.1) is 5.92 Å². The molecule has 1 amide bonds. The van der Waals surface area contributed by atoms with E-state index in [4.69, 9.17) is 4.11 Å². The maximum Gasteiger partial charge on any atom is 0.238 e. The van der Waals surface area contributed by atoms with Crippen molar-refractivity contribution in [1.29, 1.82) is 0 Å². The van der Waals surface area contributed by atoms with Crippen molar-refractivity contribution in [2.75, 3.05) is 11.9 Å². The Hall–Kier alpha value is -1.65. The van der Waals surface area contributed by atoms with Crippen LogP contribution < -0.4 is 4.90 Å². The first-order chi connectivity index (χ1) is 7.75. The summed E-state index contributed by atoms with van der Waals surface area (Å²) in [6.07, 6.45) is 1.38. The van der Waals surface area contributed by atoms with Crippen molar-refractivity contribution in [2.24, 2.45) is 13.0 Å². The molecule has 0 spiro atoms. The Kier molecular flexibility index (Phi) is 1.13. The average molecular weight is 196 g/mol. The summed E-state index contributed by atoms with van der Waals surface area (Å²) in [6.45, 7) is -2.63. The summed E-state index contributed by atoms with van der Waals surface area (Å²) in [4.78, 5) is 28.9. The van der Waals surface area contributed by atoms with Gasteiger partial charge < -0.3 is 4.57 Å². The lowest BCUT2D eigenvalue weighted by Crippen LogP contribution is -2.41. The molecule has 1 aromatic rings. The van der Waals surface area contributed by atoms with Crippen LogP contribution in [0.2, 0.25) is 0 Å². The highest BCUT2D eigenvalue weighted by Crippen LogP contribution is 2.27. The minimum absolute atomic E-state index is 0.160. The summed E-state index contributed by atoms with van der Waals surface area (Å²) < 4.78 is 23.3. The summed E-state index contributed by atoms with van der Waals surface area (Å²) in [5, 5.41) is 0. The van der Waals surface area contributed by atoms with Crippen LogP contribution in [0.5, 0.6) is 0 Å². The van der Waals surface area contributed by atoms with Crippen molar-refractivity contribution in [2.45, 2.75) is 6.85 Å². The second-order valence-electron chi connectivity index (χ2n) is 3.22. The van der Waals surface area contributed by atoms with Gasteiger partial charge in [0.05, 0.1) is 6.33 Å². The Morgan fingerprint density at radius 1 is 1.50 bits per heavy atom. The molecular formula is C9H11N3O2. The van der Waals surface area contributed by atoms with E-state index >= 15 is 0 Å². The molecule has 0 bridgehead atoms. The summed E-state index contributed by atoms with van der Waals surface area (Å²) in [5.74, 6) is -2.84. The zero-order chi connectivity index (χ0) is 13.0. The van der Waals surface area contributed by atoms with Crippen LogP contribution in [0.4, 0.5) is 5.82 Å². The molecule has 0 saturated carbocycles. The highest BCUT2D eigenvalue weighted by molar-refractivity contribution is 6.19. The van der Waals surface area contributed by atoms with Crippen molar-refractivity contribution in [3.8, 4) is 0 Å². The first-order valence-corrected chi connectivity index (χ1v) is 4.08. The van der Waals surface area contributed by atoms with Crippen LogP contribution in [0.1, 0.15) is 21.5 Å². The fraction of sp³-hybridized carbons (Fsp3) is 0.444. The number of fused-ring (bicyclic) bond motifs is 1. The molecule has 14 heavy (non-hydrogen) atoms. The van der Waals surface area contributed by atoms with Crippen molar-refractivity contribution >= 4 is 17.5 Å². The van der Waals surface area contributed by atoms with Crippen LogP contribution in [0.3, 0.4) is 0 Å². The smallest absolute Gasteiger partial charge is 0.238 e. The normalized spacial score (nSPS) is 25.4. The summed E-state index contributed by atoms with van der Waals surface area (Å²) >= 11 is 0. The summed E-state index contributed by atoms with van der Waals surface area (Å²) in [5.41, 5.74) is 0.160. The first-order valence-electron chi connectivity index (χ1n) is 5.58. The third-order valence-corrected chi connectivity index (χ3v) is 2.31. The molecule has 1 aromatic heterocycles. The van der Waals surface area contributed by atoms with Gasteiger partial charge in [-0.25, -0.2) is 4.98 Å². The SMILES string of the molecule is [2H]C([2H])([2H])C1C(=O)c2c(ncn2C)N(C)C1=O. The van der Waals surface area contributed by atoms with E-state index in [9.17, 15) is 9.59 Å². The van der Waals surface area contributed by atoms with Gasteiger partial charge in [-0.1, -0.05) is 0 Å². The molecule has 0 aliphatic carbocycles. The molecule has 0 aromatic carbocycles. The molecule has 5 nitrogen and oxygen atoms in total. The molecule has 0 radical (unpaired) electrons. The molecule has 2 rings (SSSR count). The topological polar surface area (TPSA) is 55.2 Å². The van der Waals surface area contributed by atoms with Gasteiger partial charge in [-0.2, -0.15) is 0 Å². The lowest BCUT2D eigenvalue weighted by Gasteiger charge is -2.25. The minimum atomic E-state index is -2.63. The van der Waals surface area contributed by atoms with Gasteiger partial charge in [0, 0.05) is 18.2 Å². The Balaban J connectivity index is 2.61. The molecule has 0 fully saturated rings. The molecule has 1 aliphatic heterocycles. The maximum absolute atomic E-state index is 12.0. The van der Waals surface area contributed by atoms with Crippen LogP contribution in [-0.2, 0) is 11.8 Å². The van der Waals surface area contributed by atoms with Gasteiger partial charge in [-0.05, 0) is 6.85 Å². The number of aromatic nitrogens is 2. The molecule has 1 atom stereocenters. The molecule has 1 aliphatic rings. The number of nitrogens with zero attached hydrogens (tertiary/aromatic N) is 3. The van der Waals surface area contributed by atoms with E-state index in [-0.39, 0.29) is 11.5 Å². The van der Waals surface area contributed by atoms with E-state index in [2.05, 4.69) is 4.98 Å². The van der Waals surface area contributed by atoms with Gasteiger partial charge in [0.2, 0.25) is 5.91 Å². The third kappa shape index (κ3) is 0.921. The average Bonchev–Trinajstić information content (AvgIpc) is 2.55. The summed E-state index contributed by atoms with van der Waals surface area (Å²) in [6, 6.07) is 0. The summed E-state index contributed by atoms with van der Waals surface area (Å²) in [7, 11) is 3.00. The number of Topliss-reactive ketones (excluding diaryl/α,β-unsaturated/α-hetero) is 1. The number of amides is 1. The predicted octanol–water partition coefficient (Wildman–Crippen LogP) is 0.215. The van der Waals surface area contributed by atoms with Gasteiger partial charge in [0.15, 0.2) is 11.6 Å². The molecular weight excluding hydrogens is 182 g/mol. The Labute approximate surface area is 85.6 Å². The number of carbonyl (C=O) groups excluding carboxylic acids is 2. The molecule has 1 unspecified atom stereocenters. The van der Waals surface area contributed by atoms with Gasteiger partial charge in [0.25, 0.3) is 0 Å². The van der Waals surface area contributed by atoms with Crippen molar-refractivity contribution in [1.82, 2.24) is 9.55 Å². The van der Waals surface area contributed by atoms with E-state index in [1.54, 1.807) is 7.05 Å². The minimum Gasteiger partial charge on any atom is -0.329 e. The fourth-order valence-electron chi connectivity index (χ4n) is 1.49. The van der Waals surface area contributed by atoms with Gasteiger partial charge in [-0.15, -0.1) is 0 Å². The zero-order valence-electron chi connectivity index (χ0n) is 10.8. The number of carbonyl (C=O) groups is 2. The molecule has 2 heterocycles. The van der Waals surface area contributed by atoms with Crippen molar-refractivity contribution < 1.29 is 13.7 Å². The Morgan fingerprint density at radius 3 is 2.86 bits per heavy atom. The van der Waals surface area contributed by atoms with Crippen LogP contribution in [0.25, 0.3) is 0 Å². The van der Waals surface area contributed by atoms with E-state index in [1.165, 1.54) is 17.9 Å². The second kappa shape index (κ2) is 2.67. The molecule has 74 valence electrons. The Morgan fingerprint density at radius 2 is 2.21 bits per heavy atom. The monoisotopic (exact) mass is 196 g/mol. The van der Waals surface area contributed by atoms with Gasteiger partial charge in [0.1, 0.15) is 11.6 Å². The van der Waals surface area contributed by atoms with E-state index in [1.807, 2.05) is 0 Å². The number of aryl methyl sites for hydroxylation is 1. The van der Waals surface area contributed by atoms with Crippen LogP contribution in [-0.4, -0.2) is 28.3 Å². The lowest BCUT2D eigenvalue weighted by molar-refractivity contribution is -0.120. The second-order valence-corrected chi connectivity index (χ2v) is 3.22. The Bertz CT molecular complexity index is 506. The molecule has 0 saturated heterocycles. The highest BCUT2D eigenvalue weighted by atomic mass is 16.2. The molecule has 0 N–H and O–H groups in total. The number of hydrogen-bond acceptors (Lipinski definition) is 3. The number of rotatable bonds is 0. The fourth-order valence-corrected chi connectivity index (χ4v) is 1.49.